The van der Waals surface area contributed by atoms with Crippen LogP contribution in [-0.4, -0.2) is 42.3 Å². The number of carbonyl (C=O) groups excluding carboxylic acids is 1. The van der Waals surface area contributed by atoms with Gasteiger partial charge in [-0.15, -0.1) is 10.2 Å². The van der Waals surface area contributed by atoms with Crippen molar-refractivity contribution in [2.75, 3.05) is 12.3 Å². The minimum Gasteiger partial charge on any atom is -0.338 e. The van der Waals surface area contributed by atoms with Crippen molar-refractivity contribution in [3.05, 3.63) is 70.5 Å². The van der Waals surface area contributed by atoms with Crippen LogP contribution in [0.3, 0.4) is 0 Å². The molecule has 160 valence electrons. The van der Waals surface area contributed by atoms with Gasteiger partial charge in [-0.1, -0.05) is 61.2 Å². The van der Waals surface area contributed by atoms with E-state index in [2.05, 4.69) is 10.2 Å². The van der Waals surface area contributed by atoms with Crippen LogP contribution in [0.2, 0.25) is 0 Å². The molecular weight excluding hydrogens is 410 g/mol. The lowest BCUT2D eigenvalue weighted by molar-refractivity contribution is -0.128. The maximum absolute atomic E-state index is 12.9. The number of carbonyl (C=O) groups is 1. The first-order valence-corrected chi connectivity index (χ1v) is 11.4. The van der Waals surface area contributed by atoms with Gasteiger partial charge < -0.3 is 4.90 Å². The Bertz CT molecular complexity index is 1270. The predicted octanol–water partition coefficient (Wildman–Crippen LogP) is 3.60. The van der Waals surface area contributed by atoms with Gasteiger partial charge in [0.1, 0.15) is 0 Å². The molecule has 1 amide bonds. The van der Waals surface area contributed by atoms with Gasteiger partial charge >= 0.3 is 0 Å². The molecule has 0 saturated carbocycles. The van der Waals surface area contributed by atoms with Crippen LogP contribution in [0.15, 0.2) is 64.5 Å². The number of rotatable bonds is 8. The van der Waals surface area contributed by atoms with Crippen molar-refractivity contribution in [1.29, 1.82) is 0 Å². The molecule has 2 heterocycles. The number of aryl methyl sites for hydroxylation is 1. The molecule has 0 aliphatic rings. The van der Waals surface area contributed by atoms with E-state index in [9.17, 15) is 9.59 Å². The number of para-hydroxylation sites is 1. The van der Waals surface area contributed by atoms with Crippen LogP contribution in [0.5, 0.6) is 0 Å². The molecule has 4 rings (SSSR count). The van der Waals surface area contributed by atoms with E-state index in [1.807, 2.05) is 77.7 Å². The average molecular weight is 436 g/mol. The van der Waals surface area contributed by atoms with Gasteiger partial charge in [-0.2, -0.15) is 0 Å². The van der Waals surface area contributed by atoms with Crippen LogP contribution in [0, 0.1) is 0 Å². The second-order valence-corrected chi connectivity index (χ2v) is 8.22. The van der Waals surface area contributed by atoms with E-state index in [1.165, 1.54) is 11.8 Å². The summed E-state index contributed by atoms with van der Waals surface area (Å²) in [5, 5.41) is 9.84. The van der Waals surface area contributed by atoms with E-state index in [4.69, 9.17) is 0 Å². The van der Waals surface area contributed by atoms with Crippen LogP contribution < -0.4 is 5.56 Å². The van der Waals surface area contributed by atoms with E-state index in [-0.39, 0.29) is 17.2 Å². The van der Waals surface area contributed by atoms with Crippen LogP contribution in [0.1, 0.15) is 25.8 Å². The Labute approximate surface area is 184 Å². The number of hydrogen-bond donors (Lipinski definition) is 0. The molecule has 2 aromatic heterocycles. The Morgan fingerprint density at radius 1 is 1.03 bits per heavy atom. The molecule has 0 aliphatic carbocycles. The summed E-state index contributed by atoms with van der Waals surface area (Å²) in [5.74, 6) is 0.805. The highest BCUT2D eigenvalue weighted by Gasteiger charge is 2.19. The molecule has 8 heteroatoms. The Hall–Kier alpha value is -3.13. The standard InChI is InChI=1S/C23H25N5O2S/c1-3-14-27-21(30)18-12-8-9-13-19(18)28-22(27)24-25-23(28)31-16-20(29)26(4-2)15-17-10-6-5-7-11-17/h5-13H,3-4,14-16H2,1-2H3. The summed E-state index contributed by atoms with van der Waals surface area (Å²) in [7, 11) is 0. The number of fused-ring (bicyclic) bond motifs is 3. The van der Waals surface area contributed by atoms with Crippen LogP contribution in [0.4, 0.5) is 0 Å². The van der Waals surface area contributed by atoms with Gasteiger partial charge in [0.15, 0.2) is 5.16 Å². The lowest BCUT2D eigenvalue weighted by Crippen LogP contribution is -2.31. The molecule has 0 saturated heterocycles. The number of benzene rings is 2. The molecular formula is C23H25N5O2S. The zero-order valence-corrected chi connectivity index (χ0v) is 18.5. The Morgan fingerprint density at radius 2 is 1.77 bits per heavy atom. The van der Waals surface area contributed by atoms with Crippen molar-refractivity contribution >= 4 is 34.3 Å². The molecule has 0 N–H and O–H groups in total. The molecule has 7 nitrogen and oxygen atoms in total. The van der Waals surface area contributed by atoms with Gasteiger partial charge in [-0.3, -0.25) is 18.6 Å². The Kier molecular flexibility index (Phi) is 6.36. The Morgan fingerprint density at radius 3 is 2.52 bits per heavy atom. The fourth-order valence-corrected chi connectivity index (χ4v) is 4.49. The second-order valence-electron chi connectivity index (χ2n) is 7.27. The maximum Gasteiger partial charge on any atom is 0.262 e. The molecule has 0 bridgehead atoms. The summed E-state index contributed by atoms with van der Waals surface area (Å²) in [5.41, 5.74) is 1.79. The molecule has 31 heavy (non-hydrogen) atoms. The van der Waals surface area contributed by atoms with Gasteiger partial charge in [0.25, 0.3) is 5.56 Å². The van der Waals surface area contributed by atoms with Crippen molar-refractivity contribution in [3.63, 3.8) is 0 Å². The van der Waals surface area contributed by atoms with Crippen LogP contribution >= 0.6 is 11.8 Å². The largest absolute Gasteiger partial charge is 0.338 e. The molecule has 0 aliphatic heterocycles. The summed E-state index contributed by atoms with van der Waals surface area (Å²) in [6, 6.07) is 17.4. The minimum atomic E-state index is -0.0648. The third-order valence-electron chi connectivity index (χ3n) is 5.20. The van der Waals surface area contributed by atoms with Gasteiger partial charge in [-0.25, -0.2) is 0 Å². The van der Waals surface area contributed by atoms with E-state index in [1.54, 1.807) is 4.57 Å². The smallest absolute Gasteiger partial charge is 0.262 e. The van der Waals surface area contributed by atoms with Gasteiger partial charge in [-0.05, 0) is 31.0 Å². The summed E-state index contributed by atoms with van der Waals surface area (Å²) >= 11 is 1.35. The third kappa shape index (κ3) is 4.20. The summed E-state index contributed by atoms with van der Waals surface area (Å²) in [6.07, 6.45) is 0.812. The number of hydrogen-bond acceptors (Lipinski definition) is 5. The number of amides is 1. The monoisotopic (exact) mass is 435 g/mol. The molecule has 4 aromatic rings. The topological polar surface area (TPSA) is 72.5 Å². The summed E-state index contributed by atoms with van der Waals surface area (Å²) < 4.78 is 3.55. The minimum absolute atomic E-state index is 0.0410. The number of nitrogens with zero attached hydrogens (tertiary/aromatic N) is 5. The van der Waals surface area contributed by atoms with E-state index >= 15 is 0 Å². The van der Waals surface area contributed by atoms with Crippen molar-refractivity contribution < 1.29 is 4.79 Å². The highest BCUT2D eigenvalue weighted by Crippen LogP contribution is 2.22. The molecule has 2 aromatic carbocycles. The first-order valence-electron chi connectivity index (χ1n) is 10.4. The van der Waals surface area contributed by atoms with Gasteiger partial charge in [0, 0.05) is 19.6 Å². The molecule has 0 atom stereocenters. The first kappa shape index (κ1) is 21.1. The van der Waals surface area contributed by atoms with E-state index in [0.717, 1.165) is 17.5 Å². The SMILES string of the molecule is CCCn1c(=O)c2ccccc2n2c(SCC(=O)N(CC)Cc3ccccc3)nnc12. The van der Waals surface area contributed by atoms with Gasteiger partial charge in [0.05, 0.1) is 16.7 Å². The molecule has 0 spiro atoms. The zero-order chi connectivity index (χ0) is 21.8. The quantitative estimate of drug-likeness (QED) is 0.396. The molecule has 0 unspecified atom stereocenters. The normalized spacial score (nSPS) is 11.3. The zero-order valence-electron chi connectivity index (χ0n) is 17.7. The van der Waals surface area contributed by atoms with Crippen molar-refractivity contribution in [2.45, 2.75) is 38.5 Å². The first-order chi connectivity index (χ1) is 15.1. The van der Waals surface area contributed by atoms with Crippen molar-refractivity contribution in [2.24, 2.45) is 0 Å². The predicted molar refractivity (Wildman–Crippen MR) is 123 cm³/mol. The lowest BCUT2D eigenvalue weighted by Gasteiger charge is -2.20. The van der Waals surface area contributed by atoms with E-state index in [0.29, 0.717) is 36.0 Å². The fourth-order valence-electron chi connectivity index (χ4n) is 3.65. The van der Waals surface area contributed by atoms with Crippen molar-refractivity contribution in [3.8, 4) is 0 Å². The van der Waals surface area contributed by atoms with Crippen LogP contribution in [-0.2, 0) is 17.9 Å². The molecule has 0 radical (unpaired) electrons. The molecule has 0 fully saturated rings. The van der Waals surface area contributed by atoms with Crippen LogP contribution in [0.25, 0.3) is 16.7 Å². The second kappa shape index (κ2) is 9.34. The highest BCUT2D eigenvalue weighted by atomic mass is 32.2. The van der Waals surface area contributed by atoms with Crippen molar-refractivity contribution in [1.82, 2.24) is 24.1 Å². The fraction of sp³-hybridized carbons (Fsp3) is 0.304. The van der Waals surface area contributed by atoms with Gasteiger partial charge in [0.2, 0.25) is 11.7 Å². The summed E-state index contributed by atoms with van der Waals surface area (Å²) in [6.45, 7) is 5.78. The summed E-state index contributed by atoms with van der Waals surface area (Å²) in [4.78, 5) is 27.6. The highest BCUT2D eigenvalue weighted by molar-refractivity contribution is 7.99. The Balaban J connectivity index is 1.63. The maximum atomic E-state index is 12.9. The number of thioether (sulfide) groups is 1. The van der Waals surface area contributed by atoms with E-state index < -0.39 is 0 Å². The third-order valence-corrected chi connectivity index (χ3v) is 6.11. The average Bonchev–Trinajstić information content (AvgIpc) is 3.23. The lowest BCUT2D eigenvalue weighted by atomic mass is 10.2. The number of aromatic nitrogens is 4.